The lowest BCUT2D eigenvalue weighted by Crippen LogP contribution is -2.33. The van der Waals surface area contributed by atoms with Gasteiger partial charge in [-0.2, -0.15) is 0 Å². The highest BCUT2D eigenvalue weighted by Gasteiger charge is 2.44. The van der Waals surface area contributed by atoms with Crippen LogP contribution in [0.15, 0.2) is 35.5 Å². The summed E-state index contributed by atoms with van der Waals surface area (Å²) in [7, 11) is 0. The monoisotopic (exact) mass is 306 g/mol. The van der Waals surface area contributed by atoms with Gasteiger partial charge in [0, 0.05) is 18.9 Å². The molecular formula is C17H22O5. The zero-order valence-electron chi connectivity index (χ0n) is 13.2. The van der Waals surface area contributed by atoms with E-state index < -0.39 is 36.2 Å². The number of hydrogen-bond donors (Lipinski definition) is 1. The van der Waals surface area contributed by atoms with Gasteiger partial charge in [0.2, 0.25) is 0 Å². The molecule has 0 aromatic rings. The highest BCUT2D eigenvalue weighted by Crippen LogP contribution is 2.36. The maximum Gasteiger partial charge on any atom is 0.334 e. The molecule has 0 amide bonds. The fraction of sp³-hybridized carbons (Fsp3) is 0.529. The molecule has 1 N–H and O–H groups in total. The molecule has 0 bridgehead atoms. The highest BCUT2D eigenvalue weighted by atomic mass is 16.6. The van der Waals surface area contributed by atoms with Crippen LogP contribution in [0.25, 0.3) is 0 Å². The second-order valence-corrected chi connectivity index (χ2v) is 6.07. The lowest BCUT2D eigenvalue weighted by Gasteiger charge is -2.27. The van der Waals surface area contributed by atoms with Crippen LogP contribution in [0.4, 0.5) is 0 Å². The second kappa shape index (κ2) is 6.48. The average molecular weight is 306 g/mol. The van der Waals surface area contributed by atoms with Crippen molar-refractivity contribution in [3.05, 3.63) is 35.5 Å². The first-order valence-electron chi connectivity index (χ1n) is 7.37. The van der Waals surface area contributed by atoms with E-state index in [1.165, 1.54) is 6.92 Å². The van der Waals surface area contributed by atoms with Gasteiger partial charge in [-0.1, -0.05) is 23.8 Å². The van der Waals surface area contributed by atoms with Crippen molar-refractivity contribution < 1.29 is 24.2 Å². The Morgan fingerprint density at radius 3 is 2.59 bits per heavy atom. The summed E-state index contributed by atoms with van der Waals surface area (Å²) in [5.74, 6) is -1.27. The van der Waals surface area contributed by atoms with Gasteiger partial charge >= 0.3 is 11.9 Å². The first kappa shape index (κ1) is 16.5. The van der Waals surface area contributed by atoms with Gasteiger partial charge in [0.05, 0.1) is 12.0 Å². The molecule has 1 aliphatic carbocycles. The number of esters is 2. The molecule has 2 rings (SSSR count). The normalized spacial score (nSPS) is 37.3. The van der Waals surface area contributed by atoms with Crippen molar-refractivity contribution in [2.24, 2.45) is 5.92 Å². The van der Waals surface area contributed by atoms with Gasteiger partial charge in [-0.3, -0.25) is 4.79 Å². The first-order valence-corrected chi connectivity index (χ1v) is 7.37. The number of fused-ring (bicyclic) bond motifs is 1. The van der Waals surface area contributed by atoms with Gasteiger partial charge in [-0.25, -0.2) is 4.79 Å². The molecule has 1 heterocycles. The fourth-order valence-electron chi connectivity index (χ4n) is 3.09. The molecule has 0 radical (unpaired) electrons. The van der Waals surface area contributed by atoms with Crippen LogP contribution in [0.3, 0.4) is 0 Å². The van der Waals surface area contributed by atoms with Gasteiger partial charge in [0.1, 0.15) is 12.2 Å². The van der Waals surface area contributed by atoms with Crippen molar-refractivity contribution in [1.29, 1.82) is 0 Å². The van der Waals surface area contributed by atoms with E-state index in [1.54, 1.807) is 6.08 Å². The van der Waals surface area contributed by atoms with Crippen LogP contribution in [0.5, 0.6) is 0 Å². The quantitative estimate of drug-likeness (QED) is 0.456. The predicted molar refractivity (Wildman–Crippen MR) is 80.8 cm³/mol. The first-order chi connectivity index (χ1) is 10.3. The number of carbonyl (C=O) groups is 2. The average Bonchev–Trinajstić information content (AvgIpc) is 2.61. The van der Waals surface area contributed by atoms with Gasteiger partial charge in [0.15, 0.2) is 0 Å². The standard InChI is InChI=1S/C17H22O5/c1-9-5-13(19)6-10(2)8-15-16(11(3)17(20)22-15)14(7-9)21-12(4)18/h5,8,13-16,19H,3,6-7H2,1-2,4H3/b9-5+,10-8+/t13-,14+,15+,16+/m0/s1. The minimum Gasteiger partial charge on any atom is -0.461 e. The summed E-state index contributed by atoms with van der Waals surface area (Å²) in [5, 5.41) is 10.0. The molecule has 0 saturated carbocycles. The number of rotatable bonds is 1. The van der Waals surface area contributed by atoms with Crippen molar-refractivity contribution >= 4 is 11.9 Å². The summed E-state index contributed by atoms with van der Waals surface area (Å²) < 4.78 is 10.8. The molecule has 0 unspecified atom stereocenters. The van der Waals surface area contributed by atoms with Crippen LogP contribution in [0.1, 0.15) is 33.6 Å². The predicted octanol–water partition coefficient (Wildman–Crippen LogP) is 2.06. The highest BCUT2D eigenvalue weighted by molar-refractivity contribution is 5.91. The summed E-state index contributed by atoms with van der Waals surface area (Å²) in [6, 6.07) is 0. The molecule has 4 atom stereocenters. The Morgan fingerprint density at radius 2 is 1.95 bits per heavy atom. The summed E-state index contributed by atoms with van der Waals surface area (Å²) in [4.78, 5) is 23.3. The summed E-state index contributed by atoms with van der Waals surface area (Å²) in [6.45, 7) is 8.89. The van der Waals surface area contributed by atoms with E-state index in [0.717, 1.165) is 11.1 Å². The van der Waals surface area contributed by atoms with Crippen molar-refractivity contribution in [1.82, 2.24) is 0 Å². The number of aliphatic hydroxyl groups is 1. The number of carbonyl (C=O) groups excluding carboxylic acids is 2. The van der Waals surface area contributed by atoms with E-state index in [4.69, 9.17) is 9.47 Å². The molecule has 5 nitrogen and oxygen atoms in total. The Morgan fingerprint density at radius 1 is 1.32 bits per heavy atom. The smallest absolute Gasteiger partial charge is 0.334 e. The Bertz CT molecular complexity index is 557. The third kappa shape index (κ3) is 3.65. The van der Waals surface area contributed by atoms with Crippen LogP contribution in [0.2, 0.25) is 0 Å². The molecule has 120 valence electrons. The second-order valence-electron chi connectivity index (χ2n) is 6.07. The summed E-state index contributed by atoms with van der Waals surface area (Å²) >= 11 is 0. The molecule has 0 aromatic heterocycles. The van der Waals surface area contributed by atoms with Crippen molar-refractivity contribution in [2.75, 3.05) is 0 Å². The number of hydrogen-bond acceptors (Lipinski definition) is 5. The van der Waals surface area contributed by atoms with Crippen LogP contribution in [0, 0.1) is 5.92 Å². The van der Waals surface area contributed by atoms with E-state index >= 15 is 0 Å². The molecule has 2 aliphatic rings. The minimum atomic E-state index is -0.605. The molecular weight excluding hydrogens is 284 g/mol. The lowest BCUT2D eigenvalue weighted by molar-refractivity contribution is -0.149. The van der Waals surface area contributed by atoms with Crippen molar-refractivity contribution in [3.8, 4) is 0 Å². The van der Waals surface area contributed by atoms with Crippen LogP contribution in [-0.2, 0) is 19.1 Å². The molecule has 5 heteroatoms. The Balaban J connectivity index is 2.42. The maximum absolute atomic E-state index is 11.9. The van der Waals surface area contributed by atoms with Crippen LogP contribution >= 0.6 is 0 Å². The SMILES string of the molecule is C=C1C(=O)O[C@@H]2/C=C(\C)C[C@@H](O)/C=C(\C)C[C@@H](OC(C)=O)[C@@H]12. The molecule has 22 heavy (non-hydrogen) atoms. The lowest BCUT2D eigenvalue weighted by atomic mass is 9.85. The molecule has 0 spiro atoms. The van der Waals surface area contributed by atoms with Crippen molar-refractivity contribution in [2.45, 2.75) is 51.9 Å². The number of aliphatic hydroxyl groups excluding tert-OH is 1. The van der Waals surface area contributed by atoms with Gasteiger partial charge in [0.25, 0.3) is 0 Å². The van der Waals surface area contributed by atoms with Gasteiger partial charge in [-0.05, 0) is 26.3 Å². The Labute approximate surface area is 130 Å². The van der Waals surface area contributed by atoms with E-state index in [-0.39, 0.29) is 0 Å². The zero-order valence-corrected chi connectivity index (χ0v) is 13.2. The molecule has 1 aliphatic heterocycles. The van der Waals surface area contributed by atoms with Gasteiger partial charge < -0.3 is 14.6 Å². The summed E-state index contributed by atoms with van der Waals surface area (Å²) in [5.41, 5.74) is 2.14. The topological polar surface area (TPSA) is 72.8 Å². The largest absolute Gasteiger partial charge is 0.461 e. The molecule has 1 saturated heterocycles. The third-order valence-corrected chi connectivity index (χ3v) is 3.96. The molecule has 0 aromatic carbocycles. The van der Waals surface area contributed by atoms with E-state index in [0.29, 0.717) is 18.4 Å². The third-order valence-electron chi connectivity index (χ3n) is 3.96. The maximum atomic E-state index is 11.9. The minimum absolute atomic E-state index is 0.328. The zero-order chi connectivity index (χ0) is 16.4. The van der Waals surface area contributed by atoms with Crippen LogP contribution in [-0.4, -0.2) is 35.4 Å². The van der Waals surface area contributed by atoms with E-state index in [2.05, 4.69) is 6.58 Å². The summed E-state index contributed by atoms with van der Waals surface area (Å²) in [6.07, 6.45) is 2.83. The fourth-order valence-corrected chi connectivity index (χ4v) is 3.09. The number of ether oxygens (including phenoxy) is 2. The Kier molecular flexibility index (Phi) is 4.86. The Hall–Kier alpha value is -1.88. The van der Waals surface area contributed by atoms with E-state index in [1.807, 2.05) is 19.9 Å². The van der Waals surface area contributed by atoms with Gasteiger partial charge in [-0.15, -0.1) is 0 Å². The van der Waals surface area contributed by atoms with E-state index in [9.17, 15) is 14.7 Å². The van der Waals surface area contributed by atoms with Crippen LogP contribution < -0.4 is 0 Å². The van der Waals surface area contributed by atoms with Crippen molar-refractivity contribution in [3.63, 3.8) is 0 Å². The molecule has 1 fully saturated rings.